The lowest BCUT2D eigenvalue weighted by Crippen LogP contribution is -2.05. The molecule has 0 unspecified atom stereocenters. The minimum absolute atomic E-state index is 0.244. The second-order valence-corrected chi connectivity index (χ2v) is 6.06. The summed E-state index contributed by atoms with van der Waals surface area (Å²) in [6, 6.07) is 1.69. The number of unbranched alkanes of at least 4 members (excludes halogenated alkanes) is 1. The highest BCUT2D eigenvalue weighted by Gasteiger charge is 2.13. The zero-order valence-electron chi connectivity index (χ0n) is 9.38. The quantitative estimate of drug-likeness (QED) is 0.487. The van der Waals surface area contributed by atoms with Gasteiger partial charge in [0.25, 0.3) is 10.1 Å². The average molecular weight is 278 g/mol. The largest absolute Gasteiger partial charge is 0.465 e. The summed E-state index contributed by atoms with van der Waals surface area (Å²) in [6.45, 7) is 0. The van der Waals surface area contributed by atoms with E-state index >= 15 is 0 Å². The number of carbonyl (C=O) groups is 1. The number of esters is 1. The van der Waals surface area contributed by atoms with Crippen LogP contribution in [0.1, 0.15) is 28.1 Å². The zero-order chi connectivity index (χ0) is 12.9. The molecule has 0 amide bonds. The van der Waals surface area contributed by atoms with E-state index < -0.39 is 10.1 Å². The Bertz CT molecular complexity index is 475. The first kappa shape index (κ1) is 14.1. The lowest BCUT2D eigenvalue weighted by molar-refractivity contribution is 0.0600. The lowest BCUT2D eigenvalue weighted by atomic mass is 10.1. The summed E-state index contributed by atoms with van der Waals surface area (Å²) in [5.41, 5.74) is 0.532. The van der Waals surface area contributed by atoms with E-state index in [1.807, 2.05) is 0 Å². The molecule has 1 N–H and O–H groups in total. The molecule has 0 spiro atoms. The van der Waals surface area contributed by atoms with Crippen LogP contribution in [0.3, 0.4) is 0 Å². The Kier molecular flexibility index (Phi) is 5.10. The van der Waals surface area contributed by atoms with Gasteiger partial charge in [0.15, 0.2) is 0 Å². The molecule has 0 radical (unpaired) electrons. The molecule has 0 aromatic carbocycles. The van der Waals surface area contributed by atoms with Crippen molar-refractivity contribution in [2.75, 3.05) is 12.9 Å². The van der Waals surface area contributed by atoms with Gasteiger partial charge in [-0.1, -0.05) is 0 Å². The van der Waals surface area contributed by atoms with Crippen LogP contribution in [0, 0.1) is 0 Å². The maximum absolute atomic E-state index is 11.3. The highest BCUT2D eigenvalue weighted by atomic mass is 32.2. The van der Waals surface area contributed by atoms with Gasteiger partial charge in [0.05, 0.1) is 18.4 Å². The van der Waals surface area contributed by atoms with Crippen molar-refractivity contribution in [3.8, 4) is 0 Å². The van der Waals surface area contributed by atoms with E-state index in [2.05, 4.69) is 4.74 Å². The summed E-state index contributed by atoms with van der Waals surface area (Å²) in [4.78, 5) is 12.2. The Balaban J connectivity index is 2.47. The van der Waals surface area contributed by atoms with Gasteiger partial charge >= 0.3 is 5.97 Å². The molecule has 5 nitrogen and oxygen atoms in total. The maximum Gasteiger partial charge on any atom is 0.338 e. The van der Waals surface area contributed by atoms with Crippen LogP contribution in [-0.2, 0) is 21.3 Å². The number of ether oxygens (including phenoxy) is 1. The first-order valence-corrected chi connectivity index (χ1v) is 7.53. The third-order valence-corrected chi connectivity index (χ3v) is 3.99. The molecule has 17 heavy (non-hydrogen) atoms. The summed E-state index contributed by atoms with van der Waals surface area (Å²) >= 11 is 1.44. The van der Waals surface area contributed by atoms with Gasteiger partial charge in [0.2, 0.25) is 0 Å². The molecule has 0 bridgehead atoms. The number of hydrogen-bond donors (Lipinski definition) is 1. The third-order valence-electron chi connectivity index (χ3n) is 2.21. The highest BCUT2D eigenvalue weighted by Crippen LogP contribution is 2.20. The van der Waals surface area contributed by atoms with E-state index in [0.717, 1.165) is 4.88 Å². The van der Waals surface area contributed by atoms with Crippen molar-refractivity contribution in [2.45, 2.75) is 19.3 Å². The van der Waals surface area contributed by atoms with Gasteiger partial charge in [-0.15, -0.1) is 11.3 Å². The van der Waals surface area contributed by atoms with Gasteiger partial charge in [-0.3, -0.25) is 4.55 Å². The van der Waals surface area contributed by atoms with E-state index in [0.29, 0.717) is 24.8 Å². The molecule has 1 heterocycles. The maximum atomic E-state index is 11.3. The second kappa shape index (κ2) is 6.13. The van der Waals surface area contributed by atoms with Gasteiger partial charge in [-0.2, -0.15) is 8.42 Å². The Morgan fingerprint density at radius 2 is 2.18 bits per heavy atom. The van der Waals surface area contributed by atoms with Crippen molar-refractivity contribution in [3.63, 3.8) is 0 Å². The van der Waals surface area contributed by atoms with Crippen LogP contribution in [-0.4, -0.2) is 31.8 Å². The smallest absolute Gasteiger partial charge is 0.338 e. The predicted octanol–water partition coefficient (Wildman–Crippen LogP) is 1.75. The van der Waals surface area contributed by atoms with E-state index in [1.165, 1.54) is 18.4 Å². The lowest BCUT2D eigenvalue weighted by Gasteiger charge is -2.01. The summed E-state index contributed by atoms with van der Waals surface area (Å²) in [5, 5.41) is 1.80. The molecule has 0 aliphatic heterocycles. The van der Waals surface area contributed by atoms with Gasteiger partial charge in [0.1, 0.15) is 0 Å². The van der Waals surface area contributed by atoms with Crippen molar-refractivity contribution in [1.29, 1.82) is 0 Å². The van der Waals surface area contributed by atoms with E-state index in [9.17, 15) is 13.2 Å². The van der Waals surface area contributed by atoms with Crippen molar-refractivity contribution < 1.29 is 22.5 Å². The van der Waals surface area contributed by atoms with Gasteiger partial charge in [-0.25, -0.2) is 4.79 Å². The van der Waals surface area contributed by atoms with Gasteiger partial charge in [-0.05, 0) is 30.7 Å². The second-order valence-electron chi connectivity index (χ2n) is 3.49. The Morgan fingerprint density at radius 3 is 2.76 bits per heavy atom. The van der Waals surface area contributed by atoms with Crippen LogP contribution in [0.25, 0.3) is 0 Å². The van der Waals surface area contributed by atoms with Gasteiger partial charge in [0, 0.05) is 4.88 Å². The Morgan fingerprint density at radius 1 is 1.47 bits per heavy atom. The van der Waals surface area contributed by atoms with Crippen LogP contribution >= 0.6 is 11.3 Å². The summed E-state index contributed by atoms with van der Waals surface area (Å²) in [7, 11) is -2.56. The summed E-state index contributed by atoms with van der Waals surface area (Å²) < 4.78 is 34.2. The Hall–Kier alpha value is -0.920. The molecule has 0 fully saturated rings. The number of aryl methyl sites for hydroxylation is 1. The summed E-state index contributed by atoms with van der Waals surface area (Å²) in [6.07, 6.45) is 1.58. The topological polar surface area (TPSA) is 80.7 Å². The summed E-state index contributed by atoms with van der Waals surface area (Å²) in [5.74, 6) is -0.623. The SMILES string of the molecule is COC(=O)c1ccsc1CCCCS(=O)(=O)O. The molecule has 1 aromatic heterocycles. The molecule has 7 heteroatoms. The standard InChI is InChI=1S/C10H14O5S2/c1-15-10(11)8-5-6-16-9(8)4-2-3-7-17(12,13)14/h5-6H,2-4,7H2,1H3,(H,12,13,14). The van der Waals surface area contributed by atoms with E-state index in [1.54, 1.807) is 11.4 Å². The molecule has 0 aliphatic rings. The third kappa shape index (κ3) is 4.84. The molecule has 96 valence electrons. The number of methoxy groups -OCH3 is 1. The molecular formula is C10H14O5S2. The van der Waals surface area contributed by atoms with Crippen LogP contribution in [0.4, 0.5) is 0 Å². The average Bonchev–Trinajstić information content (AvgIpc) is 2.70. The fourth-order valence-electron chi connectivity index (χ4n) is 1.40. The fourth-order valence-corrected chi connectivity index (χ4v) is 2.87. The highest BCUT2D eigenvalue weighted by molar-refractivity contribution is 7.85. The monoisotopic (exact) mass is 278 g/mol. The normalized spacial score (nSPS) is 11.4. The molecule has 0 atom stereocenters. The fraction of sp³-hybridized carbons (Fsp3) is 0.500. The van der Waals surface area contributed by atoms with E-state index in [-0.39, 0.29) is 11.7 Å². The minimum atomic E-state index is -3.88. The Labute approximate surface area is 104 Å². The van der Waals surface area contributed by atoms with Crippen LogP contribution in [0.15, 0.2) is 11.4 Å². The van der Waals surface area contributed by atoms with Crippen molar-refractivity contribution in [2.24, 2.45) is 0 Å². The number of rotatable bonds is 6. The van der Waals surface area contributed by atoms with Crippen LogP contribution in [0.2, 0.25) is 0 Å². The molecular weight excluding hydrogens is 264 g/mol. The number of hydrogen-bond acceptors (Lipinski definition) is 5. The van der Waals surface area contributed by atoms with Gasteiger partial charge < -0.3 is 4.74 Å². The van der Waals surface area contributed by atoms with Crippen molar-refractivity contribution >= 4 is 27.4 Å². The van der Waals surface area contributed by atoms with Crippen LogP contribution in [0.5, 0.6) is 0 Å². The molecule has 1 rings (SSSR count). The van der Waals surface area contributed by atoms with Crippen molar-refractivity contribution in [3.05, 3.63) is 21.9 Å². The van der Waals surface area contributed by atoms with Crippen LogP contribution < -0.4 is 0 Å². The zero-order valence-corrected chi connectivity index (χ0v) is 11.0. The molecule has 0 saturated carbocycles. The number of thiophene rings is 1. The first-order valence-electron chi connectivity index (χ1n) is 5.04. The first-order chi connectivity index (χ1) is 7.94. The molecule has 1 aromatic rings. The predicted molar refractivity (Wildman–Crippen MR) is 65.0 cm³/mol. The number of carbonyl (C=O) groups excluding carboxylic acids is 1. The van der Waals surface area contributed by atoms with Crippen molar-refractivity contribution in [1.82, 2.24) is 0 Å². The minimum Gasteiger partial charge on any atom is -0.465 e. The molecule has 0 saturated heterocycles. The molecule has 0 aliphatic carbocycles. The van der Waals surface area contributed by atoms with E-state index in [4.69, 9.17) is 4.55 Å².